The van der Waals surface area contributed by atoms with Gasteiger partial charge in [0.25, 0.3) is 5.56 Å². The van der Waals surface area contributed by atoms with Crippen LogP contribution < -0.4 is 24.3 Å². The Hall–Kier alpha value is -3.88. The number of hydrogen-bond donors (Lipinski definition) is 0. The Morgan fingerprint density at radius 2 is 1.66 bits per heavy atom. The summed E-state index contributed by atoms with van der Waals surface area (Å²) < 4.78 is 24.8. The van der Waals surface area contributed by atoms with E-state index in [1.807, 2.05) is 78.9 Å². The van der Waals surface area contributed by atoms with Crippen LogP contribution in [0.1, 0.15) is 5.56 Å². The Morgan fingerprint density at radius 3 is 2.49 bits per heavy atom. The first-order valence-corrected chi connectivity index (χ1v) is 12.0. The lowest BCUT2D eigenvalue weighted by molar-refractivity contribution is 0.0757. The van der Waals surface area contributed by atoms with Gasteiger partial charge in [-0.25, -0.2) is 9.38 Å². The lowest BCUT2D eigenvalue weighted by Gasteiger charge is -2.12. The summed E-state index contributed by atoms with van der Waals surface area (Å²) in [7, 11) is 1.59. The number of aromatic nitrogens is 2. The van der Waals surface area contributed by atoms with E-state index in [1.165, 1.54) is 11.3 Å². The lowest BCUT2D eigenvalue weighted by Crippen LogP contribution is -2.22. The fourth-order valence-electron chi connectivity index (χ4n) is 3.70. The quantitative estimate of drug-likeness (QED) is 0.277. The molecule has 0 aliphatic rings. The van der Waals surface area contributed by atoms with Crippen LogP contribution in [-0.4, -0.2) is 42.9 Å². The molecule has 178 valence electrons. The Balaban J connectivity index is 1.20. The topological polar surface area (TPSA) is 71.3 Å². The molecule has 0 radical (unpaired) electrons. The summed E-state index contributed by atoms with van der Waals surface area (Å²) in [4.78, 5) is 18.2. The zero-order valence-corrected chi connectivity index (χ0v) is 20.0. The molecule has 8 heteroatoms. The Morgan fingerprint density at radius 1 is 0.886 bits per heavy atom. The van der Waals surface area contributed by atoms with Gasteiger partial charge in [0, 0.05) is 0 Å². The van der Waals surface area contributed by atoms with Crippen molar-refractivity contribution in [2.45, 2.75) is 0 Å². The van der Waals surface area contributed by atoms with Gasteiger partial charge >= 0.3 is 0 Å². The van der Waals surface area contributed by atoms with Crippen LogP contribution in [0.2, 0.25) is 0 Å². The van der Waals surface area contributed by atoms with Gasteiger partial charge in [0.15, 0.2) is 16.5 Å². The van der Waals surface area contributed by atoms with E-state index in [-0.39, 0.29) is 5.56 Å². The number of rotatable bonds is 10. The largest absolute Gasteiger partial charge is 0.493 e. The predicted octanol–water partition coefficient (Wildman–Crippen LogP) is 3.94. The van der Waals surface area contributed by atoms with Crippen molar-refractivity contribution >= 4 is 33.4 Å². The third-order valence-electron chi connectivity index (χ3n) is 5.36. The summed E-state index contributed by atoms with van der Waals surface area (Å²) in [6, 6.07) is 22.8. The molecule has 0 spiro atoms. The second kappa shape index (κ2) is 10.6. The van der Waals surface area contributed by atoms with Crippen molar-refractivity contribution in [3.05, 3.63) is 93.2 Å². The monoisotopic (exact) mass is 488 g/mol. The average molecular weight is 489 g/mol. The van der Waals surface area contributed by atoms with Gasteiger partial charge < -0.3 is 18.9 Å². The molecule has 0 atom stereocenters. The highest BCUT2D eigenvalue weighted by Gasteiger charge is 2.11. The molecule has 0 unspecified atom stereocenters. The van der Waals surface area contributed by atoms with Gasteiger partial charge in [0.1, 0.15) is 19.0 Å². The summed E-state index contributed by atoms with van der Waals surface area (Å²) in [5.41, 5.74) is 2.40. The number of methoxy groups -OCH3 is 1. The van der Waals surface area contributed by atoms with E-state index in [2.05, 4.69) is 4.98 Å². The molecule has 5 rings (SSSR count). The van der Waals surface area contributed by atoms with Crippen LogP contribution >= 0.6 is 11.3 Å². The van der Waals surface area contributed by atoms with E-state index in [0.717, 1.165) is 22.3 Å². The van der Waals surface area contributed by atoms with E-state index in [1.54, 1.807) is 11.5 Å². The second-order valence-corrected chi connectivity index (χ2v) is 8.68. The molecule has 0 aliphatic heterocycles. The maximum atomic E-state index is 13.0. The number of ether oxygens (including phenoxy) is 4. The molecule has 0 fully saturated rings. The Kier molecular flexibility index (Phi) is 6.92. The number of fused-ring (bicyclic) bond motifs is 3. The fourth-order valence-corrected chi connectivity index (χ4v) is 4.69. The standard InChI is InChI=1S/C27H24N2O5S/c1-31-24-17-19(18-25-26(30)29-22-10-6-5-9-21(22)28-27(29)35-25)11-12-23(24)34-16-14-32-13-15-33-20-7-3-2-4-8-20/h2-12,17-18H,13-16H2,1H3/b25-18-. The van der Waals surface area contributed by atoms with Gasteiger partial charge in [0.05, 0.1) is 35.9 Å². The Bertz CT molecular complexity index is 1540. The molecule has 35 heavy (non-hydrogen) atoms. The highest BCUT2D eigenvalue weighted by molar-refractivity contribution is 7.15. The SMILES string of the molecule is COc1cc(/C=c2\sc3nc4ccccc4n3c2=O)ccc1OCCOCCOc1ccccc1. The van der Waals surface area contributed by atoms with E-state index in [9.17, 15) is 4.79 Å². The number of imidazole rings is 1. The van der Waals surface area contributed by atoms with Crippen molar-refractivity contribution in [2.24, 2.45) is 0 Å². The van der Waals surface area contributed by atoms with Gasteiger partial charge in [-0.1, -0.05) is 47.7 Å². The molecular weight excluding hydrogens is 464 g/mol. The number of para-hydroxylation sites is 3. The van der Waals surface area contributed by atoms with Gasteiger partial charge in [-0.15, -0.1) is 0 Å². The van der Waals surface area contributed by atoms with Gasteiger partial charge in [-0.05, 0) is 48.0 Å². The van der Waals surface area contributed by atoms with Crippen molar-refractivity contribution in [1.82, 2.24) is 9.38 Å². The molecule has 3 aromatic carbocycles. The second-order valence-electron chi connectivity index (χ2n) is 7.67. The number of benzene rings is 3. The molecule has 0 N–H and O–H groups in total. The van der Waals surface area contributed by atoms with Crippen molar-refractivity contribution in [3.63, 3.8) is 0 Å². The highest BCUT2D eigenvalue weighted by Crippen LogP contribution is 2.28. The minimum Gasteiger partial charge on any atom is -0.493 e. The van der Waals surface area contributed by atoms with Crippen LogP contribution in [0.15, 0.2) is 77.6 Å². The van der Waals surface area contributed by atoms with E-state index < -0.39 is 0 Å². The first-order chi connectivity index (χ1) is 17.2. The van der Waals surface area contributed by atoms with Crippen LogP contribution in [0.5, 0.6) is 17.2 Å². The Labute approximate surface area is 205 Å². The van der Waals surface area contributed by atoms with Gasteiger partial charge in [0.2, 0.25) is 0 Å². The van der Waals surface area contributed by atoms with Gasteiger partial charge in [-0.3, -0.25) is 4.79 Å². The smallest absolute Gasteiger partial charge is 0.274 e. The molecule has 0 bridgehead atoms. The summed E-state index contributed by atoms with van der Waals surface area (Å²) in [6.45, 7) is 1.76. The third-order valence-corrected chi connectivity index (χ3v) is 6.32. The third kappa shape index (κ3) is 5.13. The van der Waals surface area contributed by atoms with Crippen LogP contribution in [-0.2, 0) is 4.74 Å². The first-order valence-electron chi connectivity index (χ1n) is 11.2. The molecule has 0 aliphatic carbocycles. The highest BCUT2D eigenvalue weighted by atomic mass is 32.1. The molecule has 0 amide bonds. The normalized spacial score (nSPS) is 11.9. The first kappa shape index (κ1) is 22.9. The van der Waals surface area contributed by atoms with Crippen molar-refractivity contribution < 1.29 is 18.9 Å². The summed E-state index contributed by atoms with van der Waals surface area (Å²) in [5.74, 6) is 2.02. The average Bonchev–Trinajstić information content (AvgIpc) is 3.40. The number of thiazole rings is 1. The van der Waals surface area contributed by atoms with E-state index >= 15 is 0 Å². The summed E-state index contributed by atoms with van der Waals surface area (Å²) in [5, 5.41) is 0. The van der Waals surface area contributed by atoms with Crippen molar-refractivity contribution in [2.75, 3.05) is 33.5 Å². The molecule has 2 aromatic heterocycles. The lowest BCUT2D eigenvalue weighted by atomic mass is 10.2. The minimum atomic E-state index is -0.0774. The van der Waals surface area contributed by atoms with E-state index in [4.69, 9.17) is 18.9 Å². The molecule has 0 saturated carbocycles. The molecule has 0 saturated heterocycles. The van der Waals surface area contributed by atoms with Crippen LogP contribution in [0.3, 0.4) is 0 Å². The molecular formula is C27H24N2O5S. The van der Waals surface area contributed by atoms with Crippen LogP contribution in [0.25, 0.3) is 22.1 Å². The zero-order valence-electron chi connectivity index (χ0n) is 19.2. The predicted molar refractivity (Wildman–Crippen MR) is 137 cm³/mol. The van der Waals surface area contributed by atoms with E-state index in [0.29, 0.717) is 47.4 Å². The maximum absolute atomic E-state index is 13.0. The molecule has 7 nitrogen and oxygen atoms in total. The van der Waals surface area contributed by atoms with Crippen molar-refractivity contribution in [3.8, 4) is 17.2 Å². The molecule has 2 heterocycles. The number of nitrogens with zero attached hydrogens (tertiary/aromatic N) is 2. The van der Waals surface area contributed by atoms with Crippen LogP contribution in [0.4, 0.5) is 0 Å². The number of hydrogen-bond acceptors (Lipinski definition) is 7. The van der Waals surface area contributed by atoms with Crippen LogP contribution in [0, 0.1) is 0 Å². The zero-order chi connectivity index (χ0) is 24.0. The van der Waals surface area contributed by atoms with Gasteiger partial charge in [-0.2, -0.15) is 0 Å². The summed E-state index contributed by atoms with van der Waals surface area (Å²) >= 11 is 1.37. The minimum absolute atomic E-state index is 0.0774. The molecule has 5 aromatic rings. The van der Waals surface area contributed by atoms with Crippen molar-refractivity contribution in [1.29, 1.82) is 0 Å². The fraction of sp³-hybridized carbons (Fsp3) is 0.185. The summed E-state index contributed by atoms with van der Waals surface area (Å²) in [6.07, 6.45) is 1.85. The maximum Gasteiger partial charge on any atom is 0.274 e.